The minimum atomic E-state index is -2.87. The molecule has 0 aliphatic heterocycles. The van der Waals surface area contributed by atoms with E-state index in [1.807, 2.05) is 6.92 Å². The summed E-state index contributed by atoms with van der Waals surface area (Å²) in [5.41, 5.74) is 0. The molecule has 0 unspecified atom stereocenters. The van der Waals surface area contributed by atoms with Crippen LogP contribution in [0.1, 0.15) is 40.0 Å². The number of rotatable bonds is 9. The van der Waals surface area contributed by atoms with Crippen molar-refractivity contribution in [1.82, 2.24) is 10.6 Å². The molecule has 20 heavy (non-hydrogen) atoms. The summed E-state index contributed by atoms with van der Waals surface area (Å²) in [7, 11) is -2.87. The molecule has 0 heterocycles. The van der Waals surface area contributed by atoms with Gasteiger partial charge in [0.1, 0.15) is 9.84 Å². The second kappa shape index (κ2) is 12.7. The molecule has 0 amide bonds. The van der Waals surface area contributed by atoms with Gasteiger partial charge in [0.15, 0.2) is 5.96 Å². The summed E-state index contributed by atoms with van der Waals surface area (Å²) in [5, 5.41) is 6.34. The van der Waals surface area contributed by atoms with E-state index in [0.29, 0.717) is 18.9 Å². The minimum Gasteiger partial charge on any atom is -0.357 e. The number of sulfone groups is 1. The van der Waals surface area contributed by atoms with Crippen LogP contribution in [0.3, 0.4) is 0 Å². The molecule has 0 aromatic rings. The zero-order chi connectivity index (χ0) is 14.7. The van der Waals surface area contributed by atoms with Crippen LogP contribution in [0.5, 0.6) is 0 Å². The first-order valence-electron chi connectivity index (χ1n) is 7.12. The van der Waals surface area contributed by atoms with Gasteiger partial charge in [-0.3, -0.25) is 4.99 Å². The summed E-state index contributed by atoms with van der Waals surface area (Å²) >= 11 is 0. The maximum Gasteiger partial charge on any atom is 0.191 e. The van der Waals surface area contributed by atoms with E-state index < -0.39 is 9.84 Å². The molecule has 0 atom stereocenters. The fourth-order valence-electron chi connectivity index (χ4n) is 1.65. The molecule has 0 bridgehead atoms. The van der Waals surface area contributed by atoms with Crippen LogP contribution in [0.4, 0.5) is 0 Å². The van der Waals surface area contributed by atoms with Crippen molar-refractivity contribution in [3.8, 4) is 0 Å². The molecule has 0 aliphatic rings. The van der Waals surface area contributed by atoms with Crippen molar-refractivity contribution >= 4 is 39.8 Å². The van der Waals surface area contributed by atoms with Gasteiger partial charge in [-0.1, -0.05) is 26.7 Å². The standard InChI is InChI=1S/C13H29N3O2S.HI/c1-5-12(6-2)11-16-13(14-7-3)15-9-8-10-19(4,17)18;/h12H,5-11H2,1-4H3,(H2,14,15,16);1H. The Balaban J connectivity index is 0. The van der Waals surface area contributed by atoms with Crippen molar-refractivity contribution in [3.63, 3.8) is 0 Å². The SMILES string of the molecule is CCNC(=NCC(CC)CC)NCCCS(C)(=O)=O.I. The summed E-state index contributed by atoms with van der Waals surface area (Å²) in [6, 6.07) is 0. The van der Waals surface area contributed by atoms with Gasteiger partial charge in [-0.15, -0.1) is 24.0 Å². The van der Waals surface area contributed by atoms with Gasteiger partial charge in [0.25, 0.3) is 0 Å². The number of nitrogens with one attached hydrogen (secondary N) is 2. The maximum atomic E-state index is 11.0. The second-order valence-electron chi connectivity index (χ2n) is 4.81. The summed E-state index contributed by atoms with van der Waals surface area (Å²) in [4.78, 5) is 4.53. The predicted molar refractivity (Wildman–Crippen MR) is 97.8 cm³/mol. The largest absolute Gasteiger partial charge is 0.357 e. The molecule has 2 N–H and O–H groups in total. The Labute approximate surface area is 141 Å². The topological polar surface area (TPSA) is 70.6 Å². The van der Waals surface area contributed by atoms with Crippen molar-refractivity contribution in [2.75, 3.05) is 31.6 Å². The fourth-order valence-corrected chi connectivity index (χ4v) is 2.32. The van der Waals surface area contributed by atoms with Crippen LogP contribution in [0.2, 0.25) is 0 Å². The zero-order valence-electron chi connectivity index (χ0n) is 13.1. The molecule has 0 saturated carbocycles. The number of hydrogen-bond donors (Lipinski definition) is 2. The van der Waals surface area contributed by atoms with Crippen LogP contribution in [0.15, 0.2) is 4.99 Å². The first-order valence-corrected chi connectivity index (χ1v) is 9.18. The quantitative estimate of drug-likeness (QED) is 0.260. The number of halogens is 1. The molecule has 122 valence electrons. The number of guanidine groups is 1. The number of aliphatic imine (C=N–C) groups is 1. The highest BCUT2D eigenvalue weighted by molar-refractivity contribution is 14.0. The van der Waals surface area contributed by atoms with Crippen LogP contribution in [-0.2, 0) is 9.84 Å². The highest BCUT2D eigenvalue weighted by Crippen LogP contribution is 2.06. The van der Waals surface area contributed by atoms with E-state index in [1.54, 1.807) is 0 Å². The third-order valence-electron chi connectivity index (χ3n) is 2.99. The smallest absolute Gasteiger partial charge is 0.191 e. The van der Waals surface area contributed by atoms with Crippen molar-refractivity contribution in [3.05, 3.63) is 0 Å². The Morgan fingerprint density at radius 1 is 1.15 bits per heavy atom. The third kappa shape index (κ3) is 13.0. The zero-order valence-corrected chi connectivity index (χ0v) is 16.3. The lowest BCUT2D eigenvalue weighted by Crippen LogP contribution is -2.38. The lowest BCUT2D eigenvalue weighted by Gasteiger charge is -2.13. The van der Waals surface area contributed by atoms with E-state index >= 15 is 0 Å². The minimum absolute atomic E-state index is 0. The van der Waals surface area contributed by atoms with E-state index in [2.05, 4.69) is 29.5 Å². The van der Waals surface area contributed by atoms with Gasteiger partial charge >= 0.3 is 0 Å². The normalized spacial score (nSPS) is 12.2. The third-order valence-corrected chi connectivity index (χ3v) is 4.02. The fraction of sp³-hybridized carbons (Fsp3) is 0.923. The molecule has 5 nitrogen and oxygen atoms in total. The number of hydrogen-bond acceptors (Lipinski definition) is 3. The average Bonchev–Trinajstić information content (AvgIpc) is 2.34. The Bertz CT molecular complexity index is 355. The van der Waals surface area contributed by atoms with Crippen molar-refractivity contribution in [2.45, 2.75) is 40.0 Å². The van der Waals surface area contributed by atoms with Gasteiger partial charge < -0.3 is 10.6 Å². The van der Waals surface area contributed by atoms with Crippen LogP contribution >= 0.6 is 24.0 Å². The summed E-state index contributed by atoms with van der Waals surface area (Å²) < 4.78 is 22.0. The maximum absolute atomic E-state index is 11.0. The average molecular weight is 419 g/mol. The van der Waals surface area contributed by atoms with Gasteiger partial charge in [0, 0.05) is 25.9 Å². The second-order valence-corrected chi connectivity index (χ2v) is 7.07. The lowest BCUT2D eigenvalue weighted by molar-refractivity contribution is 0.504. The monoisotopic (exact) mass is 419 g/mol. The van der Waals surface area contributed by atoms with Gasteiger partial charge in [0.2, 0.25) is 0 Å². The molecule has 0 radical (unpaired) electrons. The van der Waals surface area contributed by atoms with Gasteiger partial charge in [-0.25, -0.2) is 8.42 Å². The van der Waals surface area contributed by atoms with Crippen LogP contribution in [-0.4, -0.2) is 46.0 Å². The van der Waals surface area contributed by atoms with E-state index in [0.717, 1.165) is 31.9 Å². The summed E-state index contributed by atoms with van der Waals surface area (Å²) in [6.45, 7) is 8.62. The van der Waals surface area contributed by atoms with Crippen LogP contribution in [0, 0.1) is 5.92 Å². The Morgan fingerprint density at radius 3 is 2.20 bits per heavy atom. The van der Waals surface area contributed by atoms with Gasteiger partial charge in [-0.05, 0) is 19.3 Å². The van der Waals surface area contributed by atoms with E-state index in [4.69, 9.17) is 0 Å². The first kappa shape index (κ1) is 22.2. The van der Waals surface area contributed by atoms with Crippen LogP contribution < -0.4 is 10.6 Å². The highest BCUT2D eigenvalue weighted by atomic mass is 127. The van der Waals surface area contributed by atoms with Crippen molar-refractivity contribution < 1.29 is 8.42 Å². The molecular weight excluding hydrogens is 389 g/mol. The molecule has 0 aromatic carbocycles. The predicted octanol–water partition coefficient (Wildman–Crippen LogP) is 2.03. The Morgan fingerprint density at radius 2 is 1.75 bits per heavy atom. The molecule has 0 rings (SSSR count). The molecule has 0 saturated heterocycles. The van der Waals surface area contributed by atoms with Crippen LogP contribution in [0.25, 0.3) is 0 Å². The van der Waals surface area contributed by atoms with Gasteiger partial charge in [-0.2, -0.15) is 0 Å². The van der Waals surface area contributed by atoms with Gasteiger partial charge in [0.05, 0.1) is 5.75 Å². The summed E-state index contributed by atoms with van der Waals surface area (Å²) in [5.74, 6) is 1.61. The number of nitrogens with zero attached hydrogens (tertiary/aromatic N) is 1. The summed E-state index contributed by atoms with van der Waals surface area (Å²) in [6.07, 6.45) is 4.13. The lowest BCUT2D eigenvalue weighted by atomic mass is 10.0. The molecule has 0 aromatic heterocycles. The molecular formula is C13H30IN3O2S. The van der Waals surface area contributed by atoms with E-state index in [-0.39, 0.29) is 29.7 Å². The molecule has 0 aliphatic carbocycles. The molecule has 0 fully saturated rings. The Hall–Kier alpha value is -0.0500. The molecule has 0 spiro atoms. The van der Waals surface area contributed by atoms with E-state index in [1.165, 1.54) is 6.26 Å². The highest BCUT2D eigenvalue weighted by Gasteiger charge is 2.04. The van der Waals surface area contributed by atoms with E-state index in [9.17, 15) is 8.42 Å². The first-order chi connectivity index (χ1) is 8.92. The Kier molecular flexibility index (Phi) is 14.1. The van der Waals surface area contributed by atoms with Crippen molar-refractivity contribution in [1.29, 1.82) is 0 Å². The molecule has 7 heteroatoms. The van der Waals surface area contributed by atoms with Crippen molar-refractivity contribution in [2.24, 2.45) is 10.9 Å².